The number of phenolic OH excluding ortho intramolecular Hbond substituents is 1. The number of phenols is 1. The minimum absolute atomic E-state index is 0.213. The molecule has 0 saturated carbocycles. The van der Waals surface area contributed by atoms with E-state index in [-0.39, 0.29) is 11.6 Å². The van der Waals surface area contributed by atoms with Crippen molar-refractivity contribution in [3.63, 3.8) is 0 Å². The Labute approximate surface area is 113 Å². The number of hydrogen-bond donors (Lipinski definition) is 2. The van der Waals surface area contributed by atoms with Gasteiger partial charge >= 0.3 is 0 Å². The highest BCUT2D eigenvalue weighted by Gasteiger charge is 2.23. The van der Waals surface area contributed by atoms with E-state index in [0.717, 1.165) is 30.4 Å². The smallest absolute Gasteiger partial charge is 0.230 e. The molecule has 4 nitrogen and oxygen atoms in total. The Balaban J connectivity index is 2.30. The van der Waals surface area contributed by atoms with Gasteiger partial charge in [0.1, 0.15) is 5.75 Å². The van der Waals surface area contributed by atoms with Crippen LogP contribution in [-0.4, -0.2) is 10.3 Å². The number of fused-ring (bicyclic) bond motifs is 1. The Bertz CT molecular complexity index is 607. The molecular formula is C13H13BrN2O2. The minimum atomic E-state index is 0.213. The van der Waals surface area contributed by atoms with Crippen molar-refractivity contribution in [2.24, 2.45) is 0 Å². The molecule has 5 heteroatoms. The molecule has 1 aliphatic rings. The van der Waals surface area contributed by atoms with Crippen LogP contribution in [0.15, 0.2) is 21.3 Å². The molecule has 0 fully saturated rings. The summed E-state index contributed by atoms with van der Waals surface area (Å²) in [6.45, 7) is 0. The SMILES string of the molecule is Nc1oncc1-c1c(O)c(Br)cc2c1CCCC2. The summed E-state index contributed by atoms with van der Waals surface area (Å²) in [4.78, 5) is 0. The highest BCUT2D eigenvalue weighted by molar-refractivity contribution is 9.10. The third-order valence-electron chi connectivity index (χ3n) is 3.44. The van der Waals surface area contributed by atoms with Crippen LogP contribution in [0.4, 0.5) is 5.88 Å². The van der Waals surface area contributed by atoms with Gasteiger partial charge in [-0.1, -0.05) is 5.16 Å². The molecule has 94 valence electrons. The van der Waals surface area contributed by atoms with Crippen molar-refractivity contribution in [3.8, 4) is 16.9 Å². The maximum absolute atomic E-state index is 10.3. The van der Waals surface area contributed by atoms with Crippen LogP contribution >= 0.6 is 15.9 Å². The van der Waals surface area contributed by atoms with E-state index < -0.39 is 0 Å². The molecule has 0 radical (unpaired) electrons. The van der Waals surface area contributed by atoms with Crippen LogP contribution < -0.4 is 5.73 Å². The number of rotatable bonds is 1. The summed E-state index contributed by atoms with van der Waals surface area (Å²) in [6, 6.07) is 2.00. The second-order valence-electron chi connectivity index (χ2n) is 4.53. The number of anilines is 1. The summed E-state index contributed by atoms with van der Waals surface area (Å²) < 4.78 is 5.60. The monoisotopic (exact) mass is 308 g/mol. The maximum Gasteiger partial charge on any atom is 0.230 e. The highest BCUT2D eigenvalue weighted by atomic mass is 79.9. The van der Waals surface area contributed by atoms with Crippen molar-refractivity contribution in [1.82, 2.24) is 5.16 Å². The largest absolute Gasteiger partial charge is 0.506 e. The van der Waals surface area contributed by atoms with Gasteiger partial charge in [-0.3, -0.25) is 0 Å². The number of benzene rings is 1. The molecule has 0 atom stereocenters. The van der Waals surface area contributed by atoms with Crippen LogP contribution in [0.5, 0.6) is 5.75 Å². The van der Waals surface area contributed by atoms with Gasteiger partial charge in [-0.15, -0.1) is 0 Å². The van der Waals surface area contributed by atoms with Gasteiger partial charge in [-0.25, -0.2) is 0 Å². The molecule has 2 aromatic rings. The fourth-order valence-corrected chi connectivity index (χ4v) is 3.06. The van der Waals surface area contributed by atoms with Crippen LogP contribution in [0.3, 0.4) is 0 Å². The number of aromatic hydroxyl groups is 1. The first-order valence-electron chi connectivity index (χ1n) is 5.92. The first-order valence-corrected chi connectivity index (χ1v) is 6.71. The number of nitrogens with two attached hydrogens (primary N) is 1. The highest BCUT2D eigenvalue weighted by Crippen LogP contribution is 2.44. The van der Waals surface area contributed by atoms with E-state index in [4.69, 9.17) is 10.3 Å². The summed E-state index contributed by atoms with van der Waals surface area (Å²) in [6.07, 6.45) is 5.86. The first kappa shape index (κ1) is 11.6. The lowest BCUT2D eigenvalue weighted by molar-refractivity contribution is 0.436. The number of halogens is 1. The summed E-state index contributed by atoms with van der Waals surface area (Å²) in [5, 5.41) is 14.0. The summed E-state index contributed by atoms with van der Waals surface area (Å²) in [5.41, 5.74) is 9.63. The van der Waals surface area contributed by atoms with Gasteiger partial charge in [0.05, 0.1) is 16.2 Å². The Morgan fingerprint density at radius 1 is 1.33 bits per heavy atom. The van der Waals surface area contributed by atoms with Crippen molar-refractivity contribution >= 4 is 21.8 Å². The zero-order valence-electron chi connectivity index (χ0n) is 9.74. The molecule has 0 bridgehead atoms. The normalized spacial score (nSPS) is 14.5. The molecule has 1 aliphatic carbocycles. The minimum Gasteiger partial charge on any atom is -0.506 e. The summed E-state index contributed by atoms with van der Waals surface area (Å²) in [7, 11) is 0. The van der Waals surface area contributed by atoms with Crippen LogP contribution in [0, 0.1) is 0 Å². The quantitative estimate of drug-likeness (QED) is 0.848. The predicted octanol–water partition coefficient (Wildman–Crippen LogP) is 3.27. The van der Waals surface area contributed by atoms with Gasteiger partial charge in [0.15, 0.2) is 0 Å². The lowest BCUT2D eigenvalue weighted by Gasteiger charge is -2.21. The van der Waals surface area contributed by atoms with E-state index in [2.05, 4.69) is 21.1 Å². The third-order valence-corrected chi connectivity index (χ3v) is 4.05. The van der Waals surface area contributed by atoms with Gasteiger partial charge in [0.2, 0.25) is 5.88 Å². The molecule has 1 aromatic carbocycles. The Morgan fingerprint density at radius 2 is 2.11 bits per heavy atom. The number of nitrogen functional groups attached to an aromatic ring is 1. The van der Waals surface area contributed by atoms with Crippen molar-refractivity contribution < 1.29 is 9.63 Å². The molecule has 0 unspecified atom stereocenters. The fourth-order valence-electron chi connectivity index (χ4n) is 2.58. The fraction of sp³-hybridized carbons (Fsp3) is 0.308. The number of nitrogens with zero attached hydrogens (tertiary/aromatic N) is 1. The summed E-state index contributed by atoms with van der Waals surface area (Å²) >= 11 is 3.39. The third kappa shape index (κ3) is 1.70. The zero-order valence-corrected chi connectivity index (χ0v) is 11.3. The van der Waals surface area contributed by atoms with E-state index in [1.807, 2.05) is 6.07 Å². The van der Waals surface area contributed by atoms with Crippen LogP contribution in [-0.2, 0) is 12.8 Å². The second-order valence-corrected chi connectivity index (χ2v) is 5.38. The molecule has 18 heavy (non-hydrogen) atoms. The Kier molecular flexibility index (Phi) is 2.78. The molecule has 3 rings (SSSR count). The van der Waals surface area contributed by atoms with Crippen molar-refractivity contribution in [1.29, 1.82) is 0 Å². The van der Waals surface area contributed by atoms with Gasteiger partial charge in [-0.2, -0.15) is 0 Å². The zero-order chi connectivity index (χ0) is 12.7. The Morgan fingerprint density at radius 3 is 2.83 bits per heavy atom. The second kappa shape index (κ2) is 4.31. The van der Waals surface area contributed by atoms with Crippen LogP contribution in [0.25, 0.3) is 11.1 Å². The average Bonchev–Trinajstić information content (AvgIpc) is 2.77. The maximum atomic E-state index is 10.3. The van der Waals surface area contributed by atoms with Gasteiger partial charge in [-0.05, 0) is 58.8 Å². The average molecular weight is 309 g/mol. The molecule has 0 saturated heterocycles. The summed E-state index contributed by atoms with van der Waals surface area (Å²) in [5.74, 6) is 0.460. The predicted molar refractivity (Wildman–Crippen MR) is 72.4 cm³/mol. The van der Waals surface area contributed by atoms with E-state index >= 15 is 0 Å². The van der Waals surface area contributed by atoms with Gasteiger partial charge in [0, 0.05) is 5.56 Å². The molecule has 1 aromatic heterocycles. The Hall–Kier alpha value is -1.49. The standard InChI is InChI=1S/C13H13BrN2O2/c14-10-5-7-3-1-2-4-8(7)11(12(10)17)9-6-16-18-13(9)15/h5-6,17H,1-4,15H2. The molecule has 0 spiro atoms. The number of aromatic nitrogens is 1. The van der Waals surface area contributed by atoms with Crippen molar-refractivity contribution in [3.05, 3.63) is 27.9 Å². The molecule has 0 amide bonds. The van der Waals surface area contributed by atoms with E-state index in [0.29, 0.717) is 10.0 Å². The van der Waals surface area contributed by atoms with Crippen molar-refractivity contribution in [2.45, 2.75) is 25.7 Å². The molecule has 3 N–H and O–H groups in total. The number of hydrogen-bond acceptors (Lipinski definition) is 4. The molecule has 0 aliphatic heterocycles. The van der Waals surface area contributed by atoms with E-state index in [9.17, 15) is 5.11 Å². The van der Waals surface area contributed by atoms with E-state index in [1.165, 1.54) is 12.0 Å². The first-order chi connectivity index (χ1) is 8.68. The lowest BCUT2D eigenvalue weighted by Crippen LogP contribution is -2.05. The van der Waals surface area contributed by atoms with Crippen LogP contribution in [0.1, 0.15) is 24.0 Å². The van der Waals surface area contributed by atoms with Crippen LogP contribution in [0.2, 0.25) is 0 Å². The molecule has 1 heterocycles. The van der Waals surface area contributed by atoms with Gasteiger partial charge < -0.3 is 15.4 Å². The van der Waals surface area contributed by atoms with Crippen molar-refractivity contribution in [2.75, 3.05) is 5.73 Å². The molecular weight excluding hydrogens is 296 g/mol. The van der Waals surface area contributed by atoms with E-state index in [1.54, 1.807) is 6.20 Å². The van der Waals surface area contributed by atoms with Gasteiger partial charge in [0.25, 0.3) is 0 Å². The lowest BCUT2D eigenvalue weighted by atomic mass is 9.86. The topological polar surface area (TPSA) is 72.3 Å². The number of aryl methyl sites for hydroxylation is 1.